The van der Waals surface area contributed by atoms with Gasteiger partial charge in [0.1, 0.15) is 15.7 Å². The van der Waals surface area contributed by atoms with Gasteiger partial charge in [-0.15, -0.1) is 0 Å². The first kappa shape index (κ1) is 14.6. The summed E-state index contributed by atoms with van der Waals surface area (Å²) in [6.45, 7) is 0. The number of nitrogens with one attached hydrogen (secondary N) is 1. The molecule has 0 aliphatic carbocycles. The second kappa shape index (κ2) is 5.92. The van der Waals surface area contributed by atoms with Crippen molar-refractivity contribution in [2.45, 2.75) is 12.5 Å². The molecule has 100 valence electrons. The van der Waals surface area contributed by atoms with Crippen LogP contribution in [0.15, 0.2) is 24.3 Å². The van der Waals surface area contributed by atoms with Crippen molar-refractivity contribution in [1.82, 2.24) is 0 Å². The van der Waals surface area contributed by atoms with E-state index in [-0.39, 0.29) is 17.9 Å². The lowest BCUT2D eigenvalue weighted by Gasteiger charge is -2.12. The summed E-state index contributed by atoms with van der Waals surface area (Å²) in [7, 11) is -3.17. The molecule has 0 aliphatic rings. The van der Waals surface area contributed by atoms with Gasteiger partial charge in [0, 0.05) is 6.26 Å². The van der Waals surface area contributed by atoms with Crippen LogP contribution < -0.4 is 11.1 Å². The zero-order valence-corrected chi connectivity index (χ0v) is 10.7. The second-order valence-electron chi connectivity index (χ2n) is 3.99. The fourth-order valence-electron chi connectivity index (χ4n) is 1.26. The van der Waals surface area contributed by atoms with E-state index >= 15 is 0 Å². The van der Waals surface area contributed by atoms with Crippen molar-refractivity contribution in [3.05, 3.63) is 30.1 Å². The number of amides is 1. The summed E-state index contributed by atoms with van der Waals surface area (Å²) in [4.78, 5) is 11.6. The molecule has 0 heterocycles. The summed E-state index contributed by atoms with van der Waals surface area (Å²) in [5.74, 6) is -1.36. The highest BCUT2D eigenvalue weighted by Gasteiger charge is 2.17. The van der Waals surface area contributed by atoms with Crippen molar-refractivity contribution < 1.29 is 17.6 Å². The minimum Gasteiger partial charge on any atom is -0.322 e. The fraction of sp³-hybridized carbons (Fsp3) is 0.364. The Balaban J connectivity index is 2.58. The lowest BCUT2D eigenvalue weighted by molar-refractivity contribution is -0.117. The van der Waals surface area contributed by atoms with Gasteiger partial charge in [-0.1, -0.05) is 12.1 Å². The topological polar surface area (TPSA) is 89.3 Å². The molecular weight excluding hydrogens is 259 g/mol. The Morgan fingerprint density at radius 3 is 2.61 bits per heavy atom. The minimum atomic E-state index is -3.17. The SMILES string of the molecule is CS(=O)(=O)CCC(N)C(=O)Nc1ccccc1F. The van der Waals surface area contributed by atoms with Crippen LogP contribution in [-0.4, -0.2) is 32.4 Å². The normalized spacial score (nSPS) is 13.1. The maximum Gasteiger partial charge on any atom is 0.241 e. The van der Waals surface area contributed by atoms with Crippen molar-refractivity contribution >= 4 is 21.4 Å². The molecule has 1 aromatic carbocycles. The number of nitrogens with two attached hydrogens (primary N) is 1. The third kappa shape index (κ3) is 4.80. The monoisotopic (exact) mass is 274 g/mol. The maximum absolute atomic E-state index is 13.2. The molecule has 0 radical (unpaired) electrons. The molecule has 0 bridgehead atoms. The van der Waals surface area contributed by atoms with Crippen LogP contribution in [0.2, 0.25) is 0 Å². The molecule has 3 N–H and O–H groups in total. The number of hydrogen-bond donors (Lipinski definition) is 2. The Morgan fingerprint density at radius 2 is 2.06 bits per heavy atom. The summed E-state index contributed by atoms with van der Waals surface area (Å²) >= 11 is 0. The summed E-state index contributed by atoms with van der Waals surface area (Å²) in [6.07, 6.45) is 1.06. The first-order chi connectivity index (χ1) is 8.29. The quantitative estimate of drug-likeness (QED) is 0.819. The predicted molar refractivity (Wildman–Crippen MR) is 67.3 cm³/mol. The van der Waals surface area contributed by atoms with Crippen LogP contribution >= 0.6 is 0 Å². The molecule has 1 atom stereocenters. The number of carbonyl (C=O) groups excluding carboxylic acids is 1. The predicted octanol–water partition coefficient (Wildman–Crippen LogP) is 0.526. The summed E-state index contributed by atoms with van der Waals surface area (Å²) < 4.78 is 35.1. The third-order valence-electron chi connectivity index (χ3n) is 2.27. The van der Waals surface area contributed by atoms with Gasteiger partial charge in [0.25, 0.3) is 0 Å². The molecule has 0 saturated carbocycles. The average Bonchev–Trinajstić information content (AvgIpc) is 2.28. The number of carbonyl (C=O) groups is 1. The van der Waals surface area contributed by atoms with Gasteiger partial charge in [0.15, 0.2) is 0 Å². The smallest absolute Gasteiger partial charge is 0.241 e. The molecule has 0 spiro atoms. The largest absolute Gasteiger partial charge is 0.322 e. The zero-order chi connectivity index (χ0) is 13.8. The van der Waals surface area contributed by atoms with Crippen molar-refractivity contribution in [1.29, 1.82) is 0 Å². The van der Waals surface area contributed by atoms with Crippen LogP contribution in [-0.2, 0) is 14.6 Å². The zero-order valence-electron chi connectivity index (χ0n) is 9.89. The Bertz CT molecular complexity index is 531. The molecule has 7 heteroatoms. The van der Waals surface area contributed by atoms with E-state index in [0.717, 1.165) is 6.26 Å². The molecule has 1 aromatic rings. The lowest BCUT2D eigenvalue weighted by atomic mass is 10.2. The van der Waals surface area contributed by atoms with E-state index in [1.165, 1.54) is 18.2 Å². The Labute approximate surface area is 105 Å². The molecule has 0 aromatic heterocycles. The van der Waals surface area contributed by atoms with Crippen LogP contribution in [0, 0.1) is 5.82 Å². The van der Waals surface area contributed by atoms with Crippen molar-refractivity contribution in [2.75, 3.05) is 17.3 Å². The van der Waals surface area contributed by atoms with Crippen LogP contribution in [0.25, 0.3) is 0 Å². The number of sulfone groups is 1. The first-order valence-electron chi connectivity index (χ1n) is 5.28. The van der Waals surface area contributed by atoms with E-state index in [2.05, 4.69) is 5.32 Å². The van der Waals surface area contributed by atoms with Gasteiger partial charge in [0.2, 0.25) is 5.91 Å². The van der Waals surface area contributed by atoms with Gasteiger partial charge in [0.05, 0.1) is 17.5 Å². The highest BCUT2D eigenvalue weighted by atomic mass is 32.2. The molecule has 0 saturated heterocycles. The van der Waals surface area contributed by atoms with Crippen molar-refractivity contribution in [3.63, 3.8) is 0 Å². The maximum atomic E-state index is 13.2. The molecule has 1 rings (SSSR count). The van der Waals surface area contributed by atoms with Gasteiger partial charge < -0.3 is 11.1 Å². The standard InChI is InChI=1S/C11H15FN2O3S/c1-18(16,17)7-6-9(13)11(15)14-10-5-3-2-4-8(10)12/h2-5,9H,6-7,13H2,1H3,(H,14,15). The van der Waals surface area contributed by atoms with E-state index in [1.54, 1.807) is 6.07 Å². The Morgan fingerprint density at radius 1 is 1.44 bits per heavy atom. The van der Waals surface area contributed by atoms with E-state index in [4.69, 9.17) is 5.73 Å². The third-order valence-corrected chi connectivity index (χ3v) is 3.25. The van der Waals surface area contributed by atoms with Gasteiger partial charge in [-0.3, -0.25) is 4.79 Å². The fourth-order valence-corrected chi connectivity index (χ4v) is 1.94. The summed E-state index contributed by atoms with van der Waals surface area (Å²) in [5.41, 5.74) is 5.55. The minimum absolute atomic E-state index is 0.000874. The molecular formula is C11H15FN2O3S. The van der Waals surface area contributed by atoms with E-state index in [9.17, 15) is 17.6 Å². The Hall–Kier alpha value is -1.47. The highest BCUT2D eigenvalue weighted by Crippen LogP contribution is 2.12. The number of halogens is 1. The van der Waals surface area contributed by atoms with E-state index < -0.39 is 27.6 Å². The molecule has 1 unspecified atom stereocenters. The van der Waals surface area contributed by atoms with Crippen molar-refractivity contribution in [3.8, 4) is 0 Å². The number of para-hydroxylation sites is 1. The van der Waals surface area contributed by atoms with Gasteiger partial charge in [-0.2, -0.15) is 0 Å². The average molecular weight is 274 g/mol. The van der Waals surface area contributed by atoms with Crippen LogP contribution in [0.1, 0.15) is 6.42 Å². The number of anilines is 1. The van der Waals surface area contributed by atoms with Gasteiger partial charge in [-0.05, 0) is 18.6 Å². The Kier molecular flexibility index (Phi) is 4.80. The number of hydrogen-bond acceptors (Lipinski definition) is 4. The van der Waals surface area contributed by atoms with E-state index in [1.807, 2.05) is 0 Å². The van der Waals surface area contributed by atoms with Crippen LogP contribution in [0.5, 0.6) is 0 Å². The number of rotatable bonds is 5. The highest BCUT2D eigenvalue weighted by molar-refractivity contribution is 7.90. The summed E-state index contributed by atoms with van der Waals surface area (Å²) in [5, 5.41) is 2.31. The molecule has 1 amide bonds. The van der Waals surface area contributed by atoms with Gasteiger partial charge >= 0.3 is 0 Å². The second-order valence-corrected chi connectivity index (χ2v) is 6.25. The number of benzene rings is 1. The van der Waals surface area contributed by atoms with Crippen molar-refractivity contribution in [2.24, 2.45) is 5.73 Å². The van der Waals surface area contributed by atoms with Crippen LogP contribution in [0.4, 0.5) is 10.1 Å². The molecule has 0 aliphatic heterocycles. The van der Waals surface area contributed by atoms with E-state index in [0.29, 0.717) is 0 Å². The lowest BCUT2D eigenvalue weighted by Crippen LogP contribution is -2.37. The first-order valence-corrected chi connectivity index (χ1v) is 7.34. The van der Waals surface area contributed by atoms with Gasteiger partial charge in [-0.25, -0.2) is 12.8 Å². The summed E-state index contributed by atoms with van der Waals surface area (Å²) in [6, 6.07) is 4.68. The molecule has 0 fully saturated rings. The van der Waals surface area contributed by atoms with Crippen LogP contribution in [0.3, 0.4) is 0 Å². The molecule has 5 nitrogen and oxygen atoms in total. The molecule has 18 heavy (non-hydrogen) atoms.